The standard InChI is InChI=1S/C15H11N3O/c16-11-14(12-7-3-1-4-8-12)17-18-15(19)13-9-5-2-6-10-13/h1-10H,(H,18,19). The Labute approximate surface area is 111 Å². The second-order valence-corrected chi connectivity index (χ2v) is 3.75. The van der Waals surface area contributed by atoms with E-state index in [4.69, 9.17) is 5.26 Å². The van der Waals surface area contributed by atoms with Gasteiger partial charge < -0.3 is 0 Å². The number of hydrogen-bond donors (Lipinski definition) is 1. The normalized spacial score (nSPS) is 10.6. The van der Waals surface area contributed by atoms with Gasteiger partial charge in [-0.25, -0.2) is 5.43 Å². The van der Waals surface area contributed by atoms with Gasteiger partial charge >= 0.3 is 0 Å². The first kappa shape index (κ1) is 12.5. The minimum atomic E-state index is -0.343. The van der Waals surface area contributed by atoms with Crippen LogP contribution >= 0.6 is 0 Å². The highest BCUT2D eigenvalue weighted by Gasteiger charge is 2.05. The SMILES string of the molecule is N#CC(=NNC(=O)c1ccccc1)c1ccccc1. The van der Waals surface area contributed by atoms with Crippen molar-refractivity contribution in [1.82, 2.24) is 5.43 Å². The van der Waals surface area contributed by atoms with E-state index in [1.54, 1.807) is 48.5 Å². The summed E-state index contributed by atoms with van der Waals surface area (Å²) in [4.78, 5) is 11.8. The minimum absolute atomic E-state index is 0.171. The van der Waals surface area contributed by atoms with E-state index in [0.29, 0.717) is 11.1 Å². The highest BCUT2D eigenvalue weighted by atomic mass is 16.2. The number of amides is 1. The number of rotatable bonds is 3. The lowest BCUT2D eigenvalue weighted by Crippen LogP contribution is -2.19. The van der Waals surface area contributed by atoms with Gasteiger partial charge in [-0.05, 0) is 12.1 Å². The van der Waals surface area contributed by atoms with Gasteiger partial charge in [-0.3, -0.25) is 4.79 Å². The van der Waals surface area contributed by atoms with Crippen molar-refractivity contribution in [2.24, 2.45) is 5.10 Å². The molecule has 0 saturated heterocycles. The molecule has 1 N–H and O–H groups in total. The van der Waals surface area contributed by atoms with Crippen molar-refractivity contribution < 1.29 is 4.79 Å². The minimum Gasteiger partial charge on any atom is -0.267 e. The number of benzene rings is 2. The summed E-state index contributed by atoms with van der Waals surface area (Å²) in [6, 6.07) is 19.7. The third kappa shape index (κ3) is 3.27. The lowest BCUT2D eigenvalue weighted by molar-refractivity contribution is 0.0955. The Balaban J connectivity index is 2.14. The van der Waals surface area contributed by atoms with Crippen LogP contribution in [0.15, 0.2) is 65.8 Å². The Kier molecular flexibility index (Phi) is 4.04. The predicted octanol–water partition coefficient (Wildman–Crippen LogP) is 2.34. The van der Waals surface area contributed by atoms with E-state index in [0.717, 1.165) is 0 Å². The summed E-state index contributed by atoms with van der Waals surface area (Å²) in [5.74, 6) is -0.343. The van der Waals surface area contributed by atoms with Crippen molar-refractivity contribution >= 4 is 11.6 Å². The number of carbonyl (C=O) groups is 1. The number of hydrogen-bond acceptors (Lipinski definition) is 3. The highest BCUT2D eigenvalue weighted by Crippen LogP contribution is 2.01. The Hall–Kier alpha value is -2.93. The average molecular weight is 249 g/mol. The van der Waals surface area contributed by atoms with Gasteiger partial charge in [0, 0.05) is 11.1 Å². The van der Waals surface area contributed by atoms with Crippen LogP contribution in [-0.2, 0) is 0 Å². The molecule has 0 bridgehead atoms. The third-order valence-electron chi connectivity index (χ3n) is 2.46. The lowest BCUT2D eigenvalue weighted by Gasteiger charge is -2.01. The monoisotopic (exact) mass is 249 g/mol. The fraction of sp³-hybridized carbons (Fsp3) is 0. The molecular formula is C15H11N3O. The predicted molar refractivity (Wildman–Crippen MR) is 72.5 cm³/mol. The van der Waals surface area contributed by atoms with E-state index in [1.165, 1.54) is 0 Å². The molecule has 1 amide bonds. The van der Waals surface area contributed by atoms with Crippen LogP contribution in [0.2, 0.25) is 0 Å². The summed E-state index contributed by atoms with van der Waals surface area (Å²) in [5, 5.41) is 12.9. The van der Waals surface area contributed by atoms with Crippen LogP contribution in [-0.4, -0.2) is 11.6 Å². The Morgan fingerprint density at radius 2 is 1.47 bits per heavy atom. The quantitative estimate of drug-likeness (QED) is 0.670. The maximum Gasteiger partial charge on any atom is 0.271 e. The molecule has 0 spiro atoms. The summed E-state index contributed by atoms with van der Waals surface area (Å²) < 4.78 is 0. The number of nitrogens with one attached hydrogen (secondary N) is 1. The second kappa shape index (κ2) is 6.12. The van der Waals surface area contributed by atoms with Gasteiger partial charge in [-0.1, -0.05) is 48.5 Å². The van der Waals surface area contributed by atoms with Crippen molar-refractivity contribution in [1.29, 1.82) is 5.26 Å². The van der Waals surface area contributed by atoms with Gasteiger partial charge in [0.1, 0.15) is 6.07 Å². The van der Waals surface area contributed by atoms with Crippen LogP contribution in [0, 0.1) is 11.3 Å². The zero-order chi connectivity index (χ0) is 13.5. The first-order chi connectivity index (χ1) is 9.31. The van der Waals surface area contributed by atoms with Crippen LogP contribution < -0.4 is 5.43 Å². The number of nitrogens with zero attached hydrogens (tertiary/aromatic N) is 2. The smallest absolute Gasteiger partial charge is 0.267 e. The number of hydrazone groups is 1. The van der Waals surface area contributed by atoms with Gasteiger partial charge in [0.15, 0.2) is 5.71 Å². The van der Waals surface area contributed by atoms with Gasteiger partial charge in [0.25, 0.3) is 5.91 Å². The maximum atomic E-state index is 11.8. The van der Waals surface area contributed by atoms with Crippen molar-refractivity contribution in [3.8, 4) is 6.07 Å². The Bertz CT molecular complexity index is 627. The fourth-order valence-electron chi connectivity index (χ4n) is 1.51. The molecule has 4 nitrogen and oxygen atoms in total. The van der Waals surface area contributed by atoms with E-state index in [1.807, 2.05) is 18.2 Å². The van der Waals surface area contributed by atoms with Crippen molar-refractivity contribution in [2.75, 3.05) is 0 Å². The van der Waals surface area contributed by atoms with E-state index >= 15 is 0 Å². The molecule has 0 fully saturated rings. The molecule has 92 valence electrons. The molecule has 2 aromatic rings. The Morgan fingerprint density at radius 1 is 0.947 bits per heavy atom. The summed E-state index contributed by atoms with van der Waals surface area (Å²) in [5.41, 5.74) is 3.71. The maximum absolute atomic E-state index is 11.8. The van der Waals surface area contributed by atoms with Crippen LogP contribution in [0.25, 0.3) is 0 Å². The highest BCUT2D eigenvalue weighted by molar-refractivity contribution is 6.12. The van der Waals surface area contributed by atoms with Gasteiger partial charge in [0.2, 0.25) is 0 Å². The molecule has 2 aromatic carbocycles. The topological polar surface area (TPSA) is 65.2 Å². The largest absolute Gasteiger partial charge is 0.271 e. The summed E-state index contributed by atoms with van der Waals surface area (Å²) >= 11 is 0. The molecular weight excluding hydrogens is 238 g/mol. The zero-order valence-electron chi connectivity index (χ0n) is 10.1. The van der Waals surface area contributed by atoms with E-state index < -0.39 is 0 Å². The van der Waals surface area contributed by atoms with Gasteiger partial charge in [-0.2, -0.15) is 10.4 Å². The van der Waals surface area contributed by atoms with E-state index in [-0.39, 0.29) is 11.6 Å². The number of nitriles is 1. The van der Waals surface area contributed by atoms with Gasteiger partial charge in [-0.15, -0.1) is 0 Å². The summed E-state index contributed by atoms with van der Waals surface area (Å²) in [6.45, 7) is 0. The average Bonchev–Trinajstić information content (AvgIpc) is 2.49. The molecule has 0 aliphatic carbocycles. The molecule has 0 aromatic heterocycles. The molecule has 19 heavy (non-hydrogen) atoms. The van der Waals surface area contributed by atoms with E-state index in [9.17, 15) is 4.79 Å². The third-order valence-corrected chi connectivity index (χ3v) is 2.46. The van der Waals surface area contributed by atoms with Crippen LogP contribution in [0.5, 0.6) is 0 Å². The van der Waals surface area contributed by atoms with E-state index in [2.05, 4.69) is 10.5 Å². The molecule has 0 unspecified atom stereocenters. The van der Waals surface area contributed by atoms with Crippen LogP contribution in [0.3, 0.4) is 0 Å². The first-order valence-electron chi connectivity index (χ1n) is 5.70. The zero-order valence-corrected chi connectivity index (χ0v) is 10.1. The second-order valence-electron chi connectivity index (χ2n) is 3.75. The summed E-state index contributed by atoms with van der Waals surface area (Å²) in [7, 11) is 0. The molecule has 0 aliphatic heterocycles. The molecule has 2 rings (SSSR count). The number of carbonyl (C=O) groups excluding carboxylic acids is 1. The Morgan fingerprint density at radius 3 is 2.00 bits per heavy atom. The summed E-state index contributed by atoms with van der Waals surface area (Å²) in [6.07, 6.45) is 0. The molecule has 0 radical (unpaired) electrons. The van der Waals surface area contributed by atoms with Gasteiger partial charge in [0.05, 0.1) is 0 Å². The van der Waals surface area contributed by atoms with Crippen molar-refractivity contribution in [3.63, 3.8) is 0 Å². The molecule has 0 heterocycles. The molecule has 0 aliphatic rings. The van der Waals surface area contributed by atoms with Crippen LogP contribution in [0.4, 0.5) is 0 Å². The molecule has 0 atom stereocenters. The van der Waals surface area contributed by atoms with Crippen molar-refractivity contribution in [2.45, 2.75) is 0 Å². The fourth-order valence-corrected chi connectivity index (χ4v) is 1.51. The van der Waals surface area contributed by atoms with Crippen molar-refractivity contribution in [3.05, 3.63) is 71.8 Å². The lowest BCUT2D eigenvalue weighted by atomic mass is 10.1. The first-order valence-corrected chi connectivity index (χ1v) is 5.70. The molecule has 4 heteroatoms. The van der Waals surface area contributed by atoms with Crippen LogP contribution in [0.1, 0.15) is 15.9 Å². The molecule has 0 saturated carbocycles.